The molecular formula is C37H50N4O8. The summed E-state index contributed by atoms with van der Waals surface area (Å²) in [5.74, 6) is -0.500. The number of likely N-dealkylation sites (N-methyl/N-ethyl adjacent to an activating group) is 1. The van der Waals surface area contributed by atoms with Crippen LogP contribution in [-0.2, 0) is 37.1 Å². The van der Waals surface area contributed by atoms with E-state index in [-0.39, 0.29) is 37.5 Å². The van der Waals surface area contributed by atoms with Crippen LogP contribution in [-0.4, -0.2) is 74.2 Å². The normalized spacial score (nSPS) is 12.2. The first-order valence-electron chi connectivity index (χ1n) is 16.8. The van der Waals surface area contributed by atoms with Crippen LogP contribution in [0.5, 0.6) is 5.75 Å². The third-order valence-corrected chi connectivity index (χ3v) is 7.97. The topological polar surface area (TPSA) is 140 Å². The van der Waals surface area contributed by atoms with Crippen LogP contribution >= 0.6 is 0 Å². The number of rotatable bonds is 22. The fourth-order valence-electron chi connectivity index (χ4n) is 5.52. The number of hydroxylamine groups is 2. The number of hydrogen-bond donors (Lipinski definition) is 2. The van der Waals surface area contributed by atoms with Gasteiger partial charge < -0.3 is 24.5 Å². The number of unbranched alkanes of at least 4 members (excludes halogenated alkanes) is 2. The highest BCUT2D eigenvalue weighted by Gasteiger charge is 2.32. The largest absolute Gasteiger partial charge is 0.494 e. The quantitative estimate of drug-likeness (QED) is 0.0475. The van der Waals surface area contributed by atoms with Crippen molar-refractivity contribution in [2.24, 2.45) is 5.92 Å². The zero-order chi connectivity index (χ0) is 35.6. The molecule has 3 amide bonds. The minimum absolute atomic E-state index is 0.0720. The molecule has 0 fully saturated rings. The molecule has 12 heteroatoms. The Balaban J connectivity index is 1.65. The Morgan fingerprint density at radius 3 is 2.41 bits per heavy atom. The molecular weight excluding hydrogens is 628 g/mol. The lowest BCUT2D eigenvalue weighted by molar-refractivity contribution is -0.200. The van der Waals surface area contributed by atoms with E-state index in [1.807, 2.05) is 74.3 Å². The summed E-state index contributed by atoms with van der Waals surface area (Å²) in [5.41, 5.74) is 2.50. The first kappa shape index (κ1) is 38.8. The summed E-state index contributed by atoms with van der Waals surface area (Å²) in [7, 11) is 3.16. The summed E-state index contributed by atoms with van der Waals surface area (Å²) < 4.78 is 16.4. The number of hydrogen-bond acceptors (Lipinski definition) is 9. The second kappa shape index (κ2) is 20.6. The zero-order valence-corrected chi connectivity index (χ0v) is 29.2. The molecule has 0 bridgehead atoms. The van der Waals surface area contributed by atoms with E-state index in [9.17, 15) is 19.2 Å². The van der Waals surface area contributed by atoms with Crippen molar-refractivity contribution in [2.45, 2.75) is 72.1 Å². The second-order valence-electron chi connectivity index (χ2n) is 11.7. The Labute approximate surface area is 289 Å². The third kappa shape index (κ3) is 12.4. The predicted molar refractivity (Wildman–Crippen MR) is 185 cm³/mol. The number of benzene rings is 2. The molecule has 3 rings (SSSR count). The molecule has 49 heavy (non-hydrogen) atoms. The van der Waals surface area contributed by atoms with E-state index >= 15 is 0 Å². The van der Waals surface area contributed by atoms with Crippen molar-refractivity contribution < 1.29 is 37.9 Å². The van der Waals surface area contributed by atoms with Crippen LogP contribution in [0.3, 0.4) is 0 Å². The molecule has 0 unspecified atom stereocenters. The van der Waals surface area contributed by atoms with E-state index < -0.39 is 17.9 Å². The van der Waals surface area contributed by atoms with E-state index in [0.717, 1.165) is 30.4 Å². The molecule has 0 aliphatic carbocycles. The van der Waals surface area contributed by atoms with E-state index in [4.69, 9.17) is 18.7 Å². The molecule has 12 nitrogen and oxygen atoms in total. The molecule has 266 valence electrons. The number of carbonyl (C=O) groups is 4. The number of ether oxygens (including phenoxy) is 2. The number of carbonyl (C=O) groups excluding carboxylic acids is 4. The van der Waals surface area contributed by atoms with Gasteiger partial charge in [-0.2, -0.15) is 0 Å². The molecule has 2 N–H and O–H groups in total. The Kier molecular flexibility index (Phi) is 16.3. The van der Waals surface area contributed by atoms with Crippen molar-refractivity contribution in [2.75, 3.05) is 34.0 Å². The van der Waals surface area contributed by atoms with Gasteiger partial charge in [0.2, 0.25) is 12.3 Å². The highest BCUT2D eigenvalue weighted by Crippen LogP contribution is 2.29. The van der Waals surface area contributed by atoms with Crippen LogP contribution in [0.1, 0.15) is 74.6 Å². The van der Waals surface area contributed by atoms with E-state index in [0.29, 0.717) is 49.5 Å². The lowest BCUT2D eigenvalue weighted by atomic mass is 9.90. The number of esters is 1. The van der Waals surface area contributed by atoms with Gasteiger partial charge >= 0.3 is 5.97 Å². The fourth-order valence-corrected chi connectivity index (χ4v) is 5.52. The van der Waals surface area contributed by atoms with Gasteiger partial charge in [0.05, 0.1) is 38.9 Å². The van der Waals surface area contributed by atoms with Gasteiger partial charge in [-0.15, -0.1) is 0 Å². The maximum atomic E-state index is 13.5. The van der Waals surface area contributed by atoms with Crippen LogP contribution in [0.15, 0.2) is 65.1 Å². The summed E-state index contributed by atoms with van der Waals surface area (Å²) in [6.45, 7) is 7.01. The fraction of sp³-hybridized carbons (Fsp3) is 0.459. The molecule has 1 aromatic heterocycles. The maximum Gasteiger partial charge on any atom is 0.319 e. The number of methoxy groups -OCH3 is 1. The summed E-state index contributed by atoms with van der Waals surface area (Å²) >= 11 is 0. The molecule has 1 heterocycles. The van der Waals surface area contributed by atoms with Crippen molar-refractivity contribution in [3.8, 4) is 17.1 Å². The summed E-state index contributed by atoms with van der Waals surface area (Å²) in [6, 6.07) is 17.9. The van der Waals surface area contributed by atoms with Crippen LogP contribution in [0.4, 0.5) is 0 Å². The highest BCUT2D eigenvalue weighted by molar-refractivity contribution is 5.92. The second-order valence-corrected chi connectivity index (χ2v) is 11.7. The van der Waals surface area contributed by atoms with Crippen molar-refractivity contribution >= 4 is 24.2 Å². The van der Waals surface area contributed by atoms with E-state index in [2.05, 4.69) is 17.6 Å². The molecule has 2 aromatic carbocycles. The number of nitrogens with zero attached hydrogens (tertiary/aromatic N) is 2. The van der Waals surface area contributed by atoms with Gasteiger partial charge in [0.25, 0.3) is 5.91 Å². The van der Waals surface area contributed by atoms with Crippen molar-refractivity contribution in [3.63, 3.8) is 0 Å². The Bertz CT molecular complexity index is 1480. The first-order chi connectivity index (χ1) is 23.7. The van der Waals surface area contributed by atoms with Crippen molar-refractivity contribution in [1.29, 1.82) is 0 Å². The Hall–Kier alpha value is -4.68. The lowest BCUT2D eigenvalue weighted by Crippen LogP contribution is -2.48. The zero-order valence-electron chi connectivity index (χ0n) is 29.2. The van der Waals surface area contributed by atoms with Gasteiger partial charge in [0.15, 0.2) is 5.76 Å². The Morgan fingerprint density at radius 2 is 1.73 bits per heavy atom. The van der Waals surface area contributed by atoms with Gasteiger partial charge in [0.1, 0.15) is 18.1 Å². The summed E-state index contributed by atoms with van der Waals surface area (Å²) in [4.78, 5) is 58.0. The number of amides is 3. The molecule has 0 spiro atoms. The minimum Gasteiger partial charge on any atom is -0.494 e. The molecule has 3 aromatic rings. The molecule has 0 radical (unpaired) electrons. The molecule has 0 saturated carbocycles. The van der Waals surface area contributed by atoms with Crippen molar-refractivity contribution in [1.82, 2.24) is 20.6 Å². The van der Waals surface area contributed by atoms with Gasteiger partial charge in [-0.25, -0.2) is 5.06 Å². The van der Waals surface area contributed by atoms with Gasteiger partial charge in [-0.1, -0.05) is 63.4 Å². The van der Waals surface area contributed by atoms with Crippen LogP contribution in [0.2, 0.25) is 0 Å². The van der Waals surface area contributed by atoms with E-state index in [1.165, 1.54) is 12.2 Å². The van der Waals surface area contributed by atoms with Crippen molar-refractivity contribution in [3.05, 3.63) is 77.6 Å². The Morgan fingerprint density at radius 1 is 0.959 bits per heavy atom. The summed E-state index contributed by atoms with van der Waals surface area (Å²) in [5, 5.41) is 6.76. The molecule has 0 aliphatic rings. The summed E-state index contributed by atoms with van der Waals surface area (Å²) in [6.07, 6.45) is 4.44. The molecule has 0 saturated heterocycles. The average molecular weight is 679 g/mol. The minimum atomic E-state index is -0.539. The van der Waals surface area contributed by atoms with Crippen LogP contribution in [0.25, 0.3) is 11.3 Å². The predicted octanol–water partition coefficient (Wildman–Crippen LogP) is 5.32. The first-order valence-corrected chi connectivity index (χ1v) is 16.8. The number of furan rings is 1. The van der Waals surface area contributed by atoms with Crippen LogP contribution < -0.4 is 15.4 Å². The third-order valence-electron chi connectivity index (χ3n) is 7.97. The molecule has 2 atom stereocenters. The molecule has 0 aliphatic heterocycles. The monoisotopic (exact) mass is 678 g/mol. The smallest absolute Gasteiger partial charge is 0.319 e. The standard InChI is InChI=1S/C37H50N4O8/c1-6-9-11-16-31(32(7-2)41(26-42)48-24-27-14-12-10-13-15-27)36(44)38-25-39-37(45)34-18-17-33(49-34)29-19-28(20-30(21-29)47-8-3)22-40(4)23-35(43)46-5/h10,12-15,17-21,26,31-32H,6-9,11,16,22-25H2,1-5H3,(H,38,44)(H,39,45)/t31-,32-/m1/s1. The van der Waals surface area contributed by atoms with E-state index in [1.54, 1.807) is 12.1 Å². The van der Waals surface area contributed by atoms with Crippen LogP contribution in [0, 0.1) is 5.92 Å². The maximum absolute atomic E-state index is 13.5. The number of nitrogens with one attached hydrogen (secondary N) is 2. The average Bonchev–Trinajstić information content (AvgIpc) is 3.60. The highest BCUT2D eigenvalue weighted by atomic mass is 16.7. The van der Waals surface area contributed by atoms with Gasteiger partial charge in [0, 0.05) is 12.1 Å². The van der Waals surface area contributed by atoms with Gasteiger partial charge in [-0.3, -0.25) is 28.9 Å². The lowest BCUT2D eigenvalue weighted by Gasteiger charge is -2.32. The van der Waals surface area contributed by atoms with Gasteiger partial charge in [-0.05, 0) is 68.3 Å². The SMILES string of the molecule is CCCCC[C@@H](C(=O)NCNC(=O)c1ccc(-c2cc(CN(C)CC(=O)OC)cc(OCC)c2)o1)[C@@H](CC)N(C=O)OCc1ccccc1.